The zero-order valence-corrected chi connectivity index (χ0v) is 16.4. The van der Waals surface area contributed by atoms with Crippen LogP contribution in [0.4, 0.5) is 0 Å². The van der Waals surface area contributed by atoms with Crippen LogP contribution in [0.15, 0.2) is 52.9 Å². The summed E-state index contributed by atoms with van der Waals surface area (Å²) < 4.78 is 10.6. The van der Waals surface area contributed by atoms with Crippen molar-refractivity contribution in [3.63, 3.8) is 0 Å². The molecule has 0 aliphatic heterocycles. The molecule has 1 aromatic carbocycles. The molecule has 4 nitrogen and oxygen atoms in total. The Kier molecular flexibility index (Phi) is 3.86. The number of aliphatic hydroxyl groups is 1. The highest BCUT2D eigenvalue weighted by Gasteiger charge is 2.61. The van der Waals surface area contributed by atoms with Crippen molar-refractivity contribution in [3.8, 4) is 5.75 Å². The number of ether oxygens (including phenoxy) is 1. The van der Waals surface area contributed by atoms with E-state index in [0.717, 1.165) is 37.7 Å². The van der Waals surface area contributed by atoms with E-state index < -0.39 is 5.60 Å². The summed E-state index contributed by atoms with van der Waals surface area (Å²) >= 11 is 0. The quantitative estimate of drug-likeness (QED) is 0.460. The first kappa shape index (κ1) is 17.7. The third-order valence-electron chi connectivity index (χ3n) is 7.57. The van der Waals surface area contributed by atoms with Gasteiger partial charge in [0.25, 0.3) is 0 Å². The maximum atomic E-state index is 11.7. The van der Waals surface area contributed by atoms with E-state index in [1.807, 2.05) is 18.2 Å². The van der Waals surface area contributed by atoms with Gasteiger partial charge in [0.05, 0.1) is 18.1 Å². The van der Waals surface area contributed by atoms with Gasteiger partial charge in [-0.15, -0.1) is 0 Å². The number of esters is 1. The van der Waals surface area contributed by atoms with Crippen molar-refractivity contribution in [1.29, 1.82) is 0 Å². The topological polar surface area (TPSA) is 59.7 Å². The molecule has 3 aliphatic rings. The van der Waals surface area contributed by atoms with Gasteiger partial charge in [-0.3, -0.25) is 4.79 Å². The van der Waals surface area contributed by atoms with Crippen molar-refractivity contribution < 1.29 is 19.1 Å². The molecule has 2 fully saturated rings. The van der Waals surface area contributed by atoms with Gasteiger partial charge in [0.1, 0.15) is 5.75 Å². The lowest BCUT2D eigenvalue weighted by atomic mass is 9.56. The summed E-state index contributed by atoms with van der Waals surface area (Å²) in [4.78, 5) is 11.3. The Morgan fingerprint density at radius 3 is 2.86 bits per heavy atom. The average molecular weight is 378 g/mol. The van der Waals surface area contributed by atoms with Crippen LogP contribution in [0.25, 0.3) is 0 Å². The van der Waals surface area contributed by atoms with Crippen molar-refractivity contribution >= 4 is 5.97 Å². The molecule has 1 aromatic heterocycles. The Hall–Kier alpha value is -2.33. The summed E-state index contributed by atoms with van der Waals surface area (Å²) in [6, 6.07) is 7.97. The van der Waals surface area contributed by atoms with Crippen molar-refractivity contribution in [1.82, 2.24) is 0 Å². The van der Waals surface area contributed by atoms with Gasteiger partial charge in [0, 0.05) is 23.8 Å². The Morgan fingerprint density at radius 2 is 2.11 bits per heavy atom. The molecule has 2 aromatic rings. The summed E-state index contributed by atoms with van der Waals surface area (Å²) in [6.45, 7) is 3.69. The Labute approximate surface area is 165 Å². The molecule has 0 saturated heterocycles. The Bertz CT molecular complexity index is 957. The van der Waals surface area contributed by atoms with Crippen LogP contribution in [0, 0.1) is 11.3 Å². The van der Waals surface area contributed by atoms with Gasteiger partial charge in [-0.05, 0) is 67.3 Å². The summed E-state index contributed by atoms with van der Waals surface area (Å²) in [5.41, 5.74) is 4.01. The predicted octanol–water partition coefficient (Wildman–Crippen LogP) is 4.87. The second-order valence-corrected chi connectivity index (χ2v) is 8.83. The summed E-state index contributed by atoms with van der Waals surface area (Å²) in [6.07, 6.45) is 10.4. The molecule has 1 N–H and O–H groups in total. The van der Waals surface area contributed by atoms with E-state index in [2.05, 4.69) is 19.1 Å². The molecule has 28 heavy (non-hydrogen) atoms. The summed E-state index contributed by atoms with van der Waals surface area (Å²) in [7, 11) is 0. The van der Waals surface area contributed by atoms with E-state index in [1.165, 1.54) is 23.6 Å². The predicted molar refractivity (Wildman–Crippen MR) is 105 cm³/mol. The van der Waals surface area contributed by atoms with Crippen LogP contribution in [0.3, 0.4) is 0 Å². The van der Waals surface area contributed by atoms with Gasteiger partial charge < -0.3 is 14.3 Å². The number of fused-ring (bicyclic) bond motifs is 5. The van der Waals surface area contributed by atoms with Crippen molar-refractivity contribution in [2.75, 3.05) is 0 Å². The lowest BCUT2D eigenvalue weighted by molar-refractivity contribution is -0.131. The SMILES string of the molecule is CC(=O)Oc1ccc2c(c1)CC=C1C2CC[C@@]2(C)C1CC[C@@]2(O)c1ccoc1. The van der Waals surface area contributed by atoms with Gasteiger partial charge in [0.2, 0.25) is 0 Å². The third-order valence-corrected chi connectivity index (χ3v) is 7.57. The van der Waals surface area contributed by atoms with Gasteiger partial charge in [-0.1, -0.05) is 24.6 Å². The molecule has 4 heteroatoms. The van der Waals surface area contributed by atoms with Crippen LogP contribution in [-0.4, -0.2) is 11.1 Å². The number of hydrogen-bond acceptors (Lipinski definition) is 4. The zero-order valence-electron chi connectivity index (χ0n) is 16.4. The van der Waals surface area contributed by atoms with Crippen molar-refractivity contribution in [2.45, 2.75) is 57.5 Å². The lowest BCUT2D eigenvalue weighted by Gasteiger charge is -2.50. The molecule has 0 bridgehead atoms. The van der Waals surface area contributed by atoms with Crippen LogP contribution in [0.5, 0.6) is 5.75 Å². The van der Waals surface area contributed by atoms with E-state index >= 15 is 0 Å². The fourth-order valence-electron chi connectivity index (χ4n) is 6.16. The smallest absolute Gasteiger partial charge is 0.308 e. The van der Waals surface area contributed by atoms with Crippen LogP contribution < -0.4 is 4.74 Å². The monoisotopic (exact) mass is 378 g/mol. The largest absolute Gasteiger partial charge is 0.472 e. The highest BCUT2D eigenvalue weighted by atomic mass is 16.5. The van der Waals surface area contributed by atoms with Gasteiger partial charge >= 0.3 is 5.97 Å². The molecule has 3 aliphatic carbocycles. The molecule has 0 radical (unpaired) electrons. The maximum absolute atomic E-state index is 11.7. The van der Waals surface area contributed by atoms with Crippen LogP contribution in [-0.2, 0) is 16.8 Å². The molecule has 2 saturated carbocycles. The number of allylic oxidation sites excluding steroid dienone is 2. The number of carbonyl (C=O) groups is 1. The second kappa shape index (κ2) is 6.08. The number of rotatable bonds is 2. The minimum atomic E-state index is -0.823. The molecular formula is C24H26O4. The van der Waals surface area contributed by atoms with E-state index in [1.54, 1.807) is 12.5 Å². The van der Waals surface area contributed by atoms with Crippen molar-refractivity contribution in [3.05, 3.63) is 65.1 Å². The lowest BCUT2D eigenvalue weighted by Crippen LogP contribution is -2.46. The Balaban J connectivity index is 1.49. The Morgan fingerprint density at radius 1 is 1.25 bits per heavy atom. The minimum absolute atomic E-state index is 0.172. The summed E-state index contributed by atoms with van der Waals surface area (Å²) in [5.74, 6) is 1.12. The van der Waals surface area contributed by atoms with E-state index in [4.69, 9.17) is 9.15 Å². The molecule has 0 spiro atoms. The molecule has 2 unspecified atom stereocenters. The van der Waals surface area contributed by atoms with E-state index in [-0.39, 0.29) is 11.4 Å². The molecule has 1 heterocycles. The first-order chi connectivity index (χ1) is 13.4. The fourth-order valence-corrected chi connectivity index (χ4v) is 6.16. The molecular weight excluding hydrogens is 352 g/mol. The first-order valence-corrected chi connectivity index (χ1v) is 10.2. The van der Waals surface area contributed by atoms with E-state index in [9.17, 15) is 9.90 Å². The highest BCUT2D eigenvalue weighted by molar-refractivity contribution is 5.69. The number of furan rings is 1. The number of hydrogen-bond donors (Lipinski definition) is 1. The number of carbonyl (C=O) groups excluding carboxylic acids is 1. The molecule has 146 valence electrons. The van der Waals surface area contributed by atoms with Crippen molar-refractivity contribution in [2.24, 2.45) is 11.3 Å². The molecule has 5 rings (SSSR count). The van der Waals surface area contributed by atoms with Crippen LogP contribution in [0.1, 0.15) is 62.1 Å². The second-order valence-electron chi connectivity index (χ2n) is 8.83. The van der Waals surface area contributed by atoms with Gasteiger partial charge in [-0.25, -0.2) is 0 Å². The molecule has 4 atom stereocenters. The third kappa shape index (κ3) is 2.37. The van der Waals surface area contributed by atoms with Gasteiger partial charge in [-0.2, -0.15) is 0 Å². The highest BCUT2D eigenvalue weighted by Crippen LogP contribution is 2.66. The minimum Gasteiger partial charge on any atom is -0.472 e. The fraction of sp³-hybridized carbons (Fsp3) is 0.458. The van der Waals surface area contributed by atoms with E-state index in [0.29, 0.717) is 17.6 Å². The average Bonchev–Trinajstić information content (AvgIpc) is 3.29. The van der Waals surface area contributed by atoms with Crippen LogP contribution in [0.2, 0.25) is 0 Å². The zero-order chi connectivity index (χ0) is 19.5. The number of benzene rings is 1. The van der Waals surface area contributed by atoms with Crippen LogP contribution >= 0.6 is 0 Å². The van der Waals surface area contributed by atoms with Gasteiger partial charge in [0.15, 0.2) is 0 Å². The standard InChI is InChI=1S/C24H26O4/c1-15(25)28-18-4-6-19-16(13-18)3-5-21-20(19)7-10-23(2)22(21)8-11-24(23,26)17-9-12-27-14-17/h4-6,9,12-14,20,22,26H,3,7-8,10-11H2,1-2H3/t20?,22?,23-,24+/m0/s1. The maximum Gasteiger partial charge on any atom is 0.308 e. The molecule has 0 amide bonds. The summed E-state index contributed by atoms with van der Waals surface area (Å²) in [5, 5.41) is 11.7. The normalized spacial score (nSPS) is 33.5. The first-order valence-electron chi connectivity index (χ1n) is 10.2.